The Labute approximate surface area is 111 Å². The number of nitriles is 1. The lowest BCUT2D eigenvalue weighted by Crippen LogP contribution is -2.49. The van der Waals surface area contributed by atoms with Gasteiger partial charge >= 0.3 is 0 Å². The second-order valence-electron chi connectivity index (χ2n) is 7.57. The summed E-state index contributed by atoms with van der Waals surface area (Å²) in [6.45, 7) is 6.87. The third-order valence-corrected chi connectivity index (χ3v) is 5.60. The van der Waals surface area contributed by atoms with Crippen molar-refractivity contribution in [3.8, 4) is 6.07 Å². The largest absolute Gasteiger partial charge is 0.388 e. The van der Waals surface area contributed by atoms with Crippen molar-refractivity contribution in [2.75, 3.05) is 0 Å². The van der Waals surface area contributed by atoms with Crippen LogP contribution in [0.3, 0.4) is 0 Å². The molecule has 2 aliphatic carbocycles. The number of nitrogens with zero attached hydrogens (tertiary/aromatic N) is 1. The van der Waals surface area contributed by atoms with E-state index in [9.17, 15) is 10.4 Å². The van der Waals surface area contributed by atoms with Crippen molar-refractivity contribution in [2.24, 2.45) is 16.7 Å². The lowest BCUT2D eigenvalue weighted by atomic mass is 9.60. The zero-order valence-electron chi connectivity index (χ0n) is 12.1. The lowest BCUT2D eigenvalue weighted by Gasteiger charge is -2.47. The minimum atomic E-state index is -0.708. The van der Waals surface area contributed by atoms with E-state index in [1.165, 1.54) is 0 Å². The molecule has 0 unspecified atom stereocenters. The first kappa shape index (κ1) is 13.9. The van der Waals surface area contributed by atoms with Gasteiger partial charge in [-0.15, -0.1) is 0 Å². The Bertz CT molecular complexity index is 333. The van der Waals surface area contributed by atoms with Crippen molar-refractivity contribution < 1.29 is 5.11 Å². The van der Waals surface area contributed by atoms with Crippen LogP contribution in [0, 0.1) is 28.1 Å². The van der Waals surface area contributed by atoms with Crippen molar-refractivity contribution in [2.45, 2.75) is 77.7 Å². The van der Waals surface area contributed by atoms with Crippen LogP contribution in [-0.4, -0.2) is 10.7 Å². The molecule has 0 heterocycles. The van der Waals surface area contributed by atoms with Crippen molar-refractivity contribution in [1.82, 2.24) is 0 Å². The van der Waals surface area contributed by atoms with Gasteiger partial charge in [0, 0.05) is 0 Å². The van der Waals surface area contributed by atoms with Gasteiger partial charge in [-0.05, 0) is 49.9 Å². The van der Waals surface area contributed by atoms with Crippen LogP contribution in [0.5, 0.6) is 0 Å². The molecule has 18 heavy (non-hydrogen) atoms. The number of rotatable bonds is 1. The van der Waals surface area contributed by atoms with Gasteiger partial charge in [0.25, 0.3) is 0 Å². The van der Waals surface area contributed by atoms with Gasteiger partial charge in [0.05, 0.1) is 17.1 Å². The third-order valence-electron chi connectivity index (χ3n) is 5.60. The van der Waals surface area contributed by atoms with E-state index in [0.29, 0.717) is 11.3 Å². The second kappa shape index (κ2) is 4.53. The van der Waals surface area contributed by atoms with Crippen LogP contribution >= 0.6 is 0 Å². The van der Waals surface area contributed by atoms with Crippen LogP contribution in [0.4, 0.5) is 0 Å². The summed E-state index contributed by atoms with van der Waals surface area (Å²) in [5.74, 6) is 0.690. The predicted octanol–water partition coefficient (Wildman–Crippen LogP) is 4.04. The minimum Gasteiger partial charge on any atom is -0.388 e. The van der Waals surface area contributed by atoms with E-state index < -0.39 is 11.0 Å². The fourth-order valence-electron chi connectivity index (χ4n) is 4.10. The van der Waals surface area contributed by atoms with Crippen molar-refractivity contribution in [3.63, 3.8) is 0 Å². The van der Waals surface area contributed by atoms with Gasteiger partial charge in [-0.25, -0.2) is 0 Å². The molecule has 2 aliphatic rings. The zero-order chi connectivity index (χ0) is 13.4. The van der Waals surface area contributed by atoms with Crippen LogP contribution in [0.15, 0.2) is 0 Å². The summed E-state index contributed by atoms with van der Waals surface area (Å²) in [5, 5.41) is 20.5. The van der Waals surface area contributed by atoms with E-state index in [2.05, 4.69) is 26.8 Å². The highest BCUT2D eigenvalue weighted by atomic mass is 16.3. The molecular formula is C16H27NO. The molecule has 0 spiro atoms. The molecule has 2 nitrogen and oxygen atoms in total. The topological polar surface area (TPSA) is 44.0 Å². The Balaban J connectivity index is 2.10. The van der Waals surface area contributed by atoms with Gasteiger partial charge in [0.15, 0.2) is 0 Å². The molecule has 2 saturated carbocycles. The monoisotopic (exact) mass is 249 g/mol. The zero-order valence-corrected chi connectivity index (χ0v) is 12.1. The van der Waals surface area contributed by atoms with Gasteiger partial charge < -0.3 is 5.11 Å². The summed E-state index contributed by atoms with van der Waals surface area (Å²) in [4.78, 5) is 0. The summed E-state index contributed by atoms with van der Waals surface area (Å²) in [5.41, 5.74) is -0.813. The van der Waals surface area contributed by atoms with E-state index in [-0.39, 0.29) is 0 Å². The highest BCUT2D eigenvalue weighted by Gasteiger charge is 2.53. The molecule has 0 aromatic heterocycles. The second-order valence-corrected chi connectivity index (χ2v) is 7.57. The Kier molecular flexibility index (Phi) is 3.49. The Morgan fingerprint density at radius 3 is 1.94 bits per heavy atom. The molecule has 0 aliphatic heterocycles. The average molecular weight is 249 g/mol. The van der Waals surface area contributed by atoms with Crippen molar-refractivity contribution in [3.05, 3.63) is 0 Å². The van der Waals surface area contributed by atoms with Crippen molar-refractivity contribution in [1.29, 1.82) is 5.26 Å². The molecule has 102 valence electrons. The molecule has 0 aromatic carbocycles. The van der Waals surface area contributed by atoms with E-state index in [1.54, 1.807) is 0 Å². The molecule has 0 amide bonds. The Morgan fingerprint density at radius 2 is 1.56 bits per heavy atom. The maximum Gasteiger partial charge on any atom is 0.0860 e. The maximum atomic E-state index is 11.0. The molecule has 0 aromatic rings. The van der Waals surface area contributed by atoms with Crippen LogP contribution in [0.2, 0.25) is 0 Å². The first-order valence-corrected chi connectivity index (χ1v) is 7.47. The Hall–Kier alpha value is -0.550. The van der Waals surface area contributed by atoms with E-state index in [4.69, 9.17) is 0 Å². The fraction of sp³-hybridized carbons (Fsp3) is 0.938. The van der Waals surface area contributed by atoms with Crippen LogP contribution < -0.4 is 0 Å². The van der Waals surface area contributed by atoms with E-state index >= 15 is 0 Å². The molecule has 0 radical (unpaired) electrons. The smallest absolute Gasteiger partial charge is 0.0860 e. The van der Waals surface area contributed by atoms with Crippen LogP contribution in [0.1, 0.15) is 72.1 Å². The molecule has 2 heteroatoms. The molecule has 2 rings (SSSR count). The average Bonchev–Trinajstić information content (AvgIpc) is 2.78. The summed E-state index contributed by atoms with van der Waals surface area (Å²) in [6, 6.07) is 2.49. The molecule has 2 fully saturated rings. The molecule has 0 bridgehead atoms. The van der Waals surface area contributed by atoms with E-state index in [0.717, 1.165) is 51.4 Å². The van der Waals surface area contributed by atoms with Gasteiger partial charge in [-0.2, -0.15) is 5.26 Å². The SMILES string of the molecule is CC(C)(C)C1CCC(O)(C2(C#N)CCCC2)CC1. The summed E-state index contributed by atoms with van der Waals surface area (Å²) in [6.07, 6.45) is 7.81. The lowest BCUT2D eigenvalue weighted by molar-refractivity contribution is -0.0971. The molecule has 0 saturated heterocycles. The quantitative estimate of drug-likeness (QED) is 0.762. The molecule has 0 atom stereocenters. The summed E-state index contributed by atoms with van der Waals surface area (Å²) in [7, 11) is 0. The number of aliphatic hydroxyl groups is 1. The normalized spacial score (nSPS) is 36.3. The Morgan fingerprint density at radius 1 is 1.06 bits per heavy atom. The van der Waals surface area contributed by atoms with Crippen molar-refractivity contribution >= 4 is 0 Å². The highest BCUT2D eigenvalue weighted by Crippen LogP contribution is 2.54. The predicted molar refractivity (Wildman–Crippen MR) is 72.9 cm³/mol. The number of hydrogen-bond acceptors (Lipinski definition) is 2. The first-order chi connectivity index (χ1) is 8.33. The first-order valence-electron chi connectivity index (χ1n) is 7.47. The van der Waals surface area contributed by atoms with Gasteiger partial charge in [0.1, 0.15) is 0 Å². The van der Waals surface area contributed by atoms with Gasteiger partial charge in [-0.1, -0.05) is 33.6 Å². The van der Waals surface area contributed by atoms with Gasteiger partial charge in [-0.3, -0.25) is 0 Å². The summed E-state index contributed by atoms with van der Waals surface area (Å²) < 4.78 is 0. The molecular weight excluding hydrogens is 222 g/mol. The highest BCUT2D eigenvalue weighted by molar-refractivity contribution is 5.14. The fourth-order valence-corrected chi connectivity index (χ4v) is 4.10. The maximum absolute atomic E-state index is 11.0. The van der Waals surface area contributed by atoms with Gasteiger partial charge in [0.2, 0.25) is 0 Å². The van der Waals surface area contributed by atoms with Crippen LogP contribution in [-0.2, 0) is 0 Å². The summed E-state index contributed by atoms with van der Waals surface area (Å²) >= 11 is 0. The van der Waals surface area contributed by atoms with E-state index in [1.807, 2.05) is 0 Å². The van der Waals surface area contributed by atoms with Crippen LogP contribution in [0.25, 0.3) is 0 Å². The standard InChI is InChI=1S/C16H27NO/c1-14(2,3)13-6-10-16(18,11-7-13)15(12-17)8-4-5-9-15/h13,18H,4-11H2,1-3H3. The third kappa shape index (κ3) is 2.18. The number of hydrogen-bond donors (Lipinski definition) is 1. The molecule has 1 N–H and O–H groups in total. The minimum absolute atomic E-state index is 0.330.